The summed E-state index contributed by atoms with van der Waals surface area (Å²) in [6.45, 7) is 3.53. The molecule has 19 heavy (non-hydrogen) atoms. The molecule has 2 rings (SSSR count). The molecule has 1 aromatic carbocycles. The van der Waals surface area contributed by atoms with Crippen molar-refractivity contribution in [2.24, 2.45) is 5.10 Å². The Hall–Kier alpha value is -2.56. The molecule has 0 fully saturated rings. The number of nitrogens with zero attached hydrogens (tertiary/aromatic N) is 1. The molecule has 0 spiro atoms. The monoisotopic (exact) mass is 258 g/mol. The van der Waals surface area contributed by atoms with Gasteiger partial charge >= 0.3 is 5.91 Å². The van der Waals surface area contributed by atoms with Crippen LogP contribution in [-0.2, 0) is 0 Å². The van der Waals surface area contributed by atoms with Crippen molar-refractivity contribution >= 4 is 11.6 Å². The molecule has 0 aliphatic carbocycles. The molecule has 2 N–H and O–H groups in total. The second-order valence-electron chi connectivity index (χ2n) is 4.10. The first-order valence-electron chi connectivity index (χ1n) is 5.77. The molecule has 0 aliphatic rings. The van der Waals surface area contributed by atoms with E-state index < -0.39 is 5.91 Å². The van der Waals surface area contributed by atoms with Gasteiger partial charge in [-0.25, -0.2) is 5.43 Å². The SMILES string of the molecule is CC(=NNC(=O)c1ccc(C)o1)c1ccc(O)cc1. The maximum absolute atomic E-state index is 11.7. The minimum absolute atomic E-state index is 0.187. The number of aromatic hydroxyl groups is 1. The van der Waals surface area contributed by atoms with Gasteiger partial charge in [0.2, 0.25) is 0 Å². The minimum Gasteiger partial charge on any atom is -0.508 e. The molecule has 5 heteroatoms. The molecule has 98 valence electrons. The van der Waals surface area contributed by atoms with Crippen LogP contribution in [0.3, 0.4) is 0 Å². The molecule has 0 bridgehead atoms. The zero-order chi connectivity index (χ0) is 13.8. The van der Waals surface area contributed by atoms with Crippen LogP contribution in [0, 0.1) is 6.92 Å². The molecule has 0 saturated carbocycles. The fraction of sp³-hybridized carbons (Fsp3) is 0.143. The lowest BCUT2D eigenvalue weighted by atomic mass is 10.1. The van der Waals surface area contributed by atoms with Crippen LogP contribution in [0.1, 0.15) is 28.8 Å². The average molecular weight is 258 g/mol. The van der Waals surface area contributed by atoms with E-state index in [-0.39, 0.29) is 11.5 Å². The van der Waals surface area contributed by atoms with E-state index in [1.165, 1.54) is 0 Å². The van der Waals surface area contributed by atoms with E-state index >= 15 is 0 Å². The maximum Gasteiger partial charge on any atom is 0.307 e. The Kier molecular flexibility index (Phi) is 3.66. The zero-order valence-corrected chi connectivity index (χ0v) is 10.7. The Bertz CT molecular complexity index is 612. The Morgan fingerprint density at radius 2 is 1.89 bits per heavy atom. The number of hydrogen-bond acceptors (Lipinski definition) is 4. The van der Waals surface area contributed by atoms with Gasteiger partial charge in [-0.05, 0) is 55.8 Å². The van der Waals surface area contributed by atoms with Crippen molar-refractivity contribution in [3.05, 3.63) is 53.5 Å². The molecule has 5 nitrogen and oxygen atoms in total. The Morgan fingerprint density at radius 1 is 1.21 bits per heavy atom. The zero-order valence-electron chi connectivity index (χ0n) is 10.7. The summed E-state index contributed by atoms with van der Waals surface area (Å²) in [6, 6.07) is 9.87. The van der Waals surface area contributed by atoms with Gasteiger partial charge in [0.1, 0.15) is 11.5 Å². The molecule has 0 saturated heterocycles. The van der Waals surface area contributed by atoms with Gasteiger partial charge in [-0.3, -0.25) is 4.79 Å². The third kappa shape index (κ3) is 3.22. The standard InChI is InChI=1S/C14H14N2O3/c1-9-3-8-13(19-9)14(18)16-15-10(2)11-4-6-12(17)7-5-11/h3-8,17H,1-2H3,(H,16,18). The minimum atomic E-state index is -0.397. The fourth-order valence-corrected chi connectivity index (χ4v) is 1.51. The molecule has 0 aliphatic heterocycles. The van der Waals surface area contributed by atoms with Gasteiger partial charge in [0.05, 0.1) is 5.71 Å². The molecule has 1 aromatic heterocycles. The maximum atomic E-state index is 11.7. The van der Waals surface area contributed by atoms with Crippen molar-refractivity contribution in [3.63, 3.8) is 0 Å². The van der Waals surface area contributed by atoms with Crippen molar-refractivity contribution in [3.8, 4) is 5.75 Å². The molecular weight excluding hydrogens is 244 g/mol. The predicted molar refractivity (Wildman–Crippen MR) is 71.2 cm³/mol. The summed E-state index contributed by atoms with van der Waals surface area (Å²) in [5, 5.41) is 13.2. The van der Waals surface area contributed by atoms with Crippen molar-refractivity contribution in [2.75, 3.05) is 0 Å². The third-order valence-corrected chi connectivity index (χ3v) is 2.57. The van der Waals surface area contributed by atoms with E-state index in [9.17, 15) is 9.90 Å². The summed E-state index contributed by atoms with van der Waals surface area (Å²) in [6.07, 6.45) is 0. The summed E-state index contributed by atoms with van der Waals surface area (Å²) in [5.74, 6) is 0.682. The van der Waals surface area contributed by atoms with E-state index in [1.54, 1.807) is 50.2 Å². The van der Waals surface area contributed by atoms with Gasteiger partial charge in [0.25, 0.3) is 0 Å². The lowest BCUT2D eigenvalue weighted by Crippen LogP contribution is -2.18. The number of nitrogens with one attached hydrogen (secondary N) is 1. The molecule has 2 aromatic rings. The number of aryl methyl sites for hydroxylation is 1. The van der Waals surface area contributed by atoms with Gasteiger partial charge in [-0.2, -0.15) is 5.10 Å². The average Bonchev–Trinajstić information content (AvgIpc) is 2.83. The first-order chi connectivity index (χ1) is 9.06. The van der Waals surface area contributed by atoms with E-state index in [4.69, 9.17) is 4.42 Å². The van der Waals surface area contributed by atoms with Crippen molar-refractivity contribution in [1.29, 1.82) is 0 Å². The lowest BCUT2D eigenvalue weighted by molar-refractivity contribution is 0.0926. The number of carbonyl (C=O) groups is 1. The predicted octanol–water partition coefficient (Wildman–Crippen LogP) is 2.45. The lowest BCUT2D eigenvalue weighted by Gasteiger charge is -2.01. The van der Waals surface area contributed by atoms with Crippen LogP contribution in [0.2, 0.25) is 0 Å². The quantitative estimate of drug-likeness (QED) is 0.656. The number of benzene rings is 1. The fourth-order valence-electron chi connectivity index (χ4n) is 1.51. The van der Waals surface area contributed by atoms with Gasteiger partial charge in [0, 0.05) is 0 Å². The van der Waals surface area contributed by atoms with Crippen LogP contribution in [0.15, 0.2) is 45.9 Å². The van der Waals surface area contributed by atoms with Crippen LogP contribution < -0.4 is 5.43 Å². The van der Waals surface area contributed by atoms with E-state index in [0.717, 1.165) is 5.56 Å². The summed E-state index contributed by atoms with van der Waals surface area (Å²) < 4.78 is 5.18. The highest BCUT2D eigenvalue weighted by atomic mass is 16.3. The van der Waals surface area contributed by atoms with Gasteiger partial charge in [0.15, 0.2) is 5.76 Å². The third-order valence-electron chi connectivity index (χ3n) is 2.57. The van der Waals surface area contributed by atoms with Crippen LogP contribution in [0.25, 0.3) is 0 Å². The molecule has 0 radical (unpaired) electrons. The van der Waals surface area contributed by atoms with Crippen LogP contribution in [-0.4, -0.2) is 16.7 Å². The number of hydrogen-bond donors (Lipinski definition) is 2. The van der Waals surface area contributed by atoms with Crippen molar-refractivity contribution in [2.45, 2.75) is 13.8 Å². The van der Waals surface area contributed by atoms with Crippen LogP contribution in [0.5, 0.6) is 5.75 Å². The number of furan rings is 1. The van der Waals surface area contributed by atoms with Crippen molar-refractivity contribution < 1.29 is 14.3 Å². The Balaban J connectivity index is 2.06. The highest BCUT2D eigenvalue weighted by molar-refractivity contribution is 6.00. The van der Waals surface area contributed by atoms with Crippen LogP contribution in [0.4, 0.5) is 0 Å². The molecule has 0 unspecified atom stereocenters. The number of hydrazone groups is 1. The normalized spacial score (nSPS) is 11.4. The highest BCUT2D eigenvalue weighted by Gasteiger charge is 2.08. The van der Waals surface area contributed by atoms with Gasteiger partial charge in [-0.15, -0.1) is 0 Å². The number of amides is 1. The second-order valence-corrected chi connectivity index (χ2v) is 4.10. The summed E-state index contributed by atoms with van der Waals surface area (Å²) in [5.41, 5.74) is 3.87. The Morgan fingerprint density at radius 3 is 2.47 bits per heavy atom. The van der Waals surface area contributed by atoms with Gasteiger partial charge < -0.3 is 9.52 Å². The summed E-state index contributed by atoms with van der Waals surface area (Å²) in [4.78, 5) is 11.7. The smallest absolute Gasteiger partial charge is 0.307 e. The molecule has 1 heterocycles. The molecule has 0 atom stereocenters. The van der Waals surface area contributed by atoms with E-state index in [0.29, 0.717) is 11.5 Å². The summed E-state index contributed by atoms with van der Waals surface area (Å²) in [7, 11) is 0. The number of carbonyl (C=O) groups excluding carboxylic acids is 1. The number of phenolic OH excluding ortho intramolecular Hbond substituents is 1. The summed E-state index contributed by atoms with van der Waals surface area (Å²) >= 11 is 0. The Labute approximate surface area is 110 Å². The molecule has 1 amide bonds. The van der Waals surface area contributed by atoms with E-state index in [2.05, 4.69) is 10.5 Å². The van der Waals surface area contributed by atoms with Crippen molar-refractivity contribution in [1.82, 2.24) is 5.43 Å². The topological polar surface area (TPSA) is 74.8 Å². The van der Waals surface area contributed by atoms with E-state index in [1.807, 2.05) is 0 Å². The van der Waals surface area contributed by atoms with Gasteiger partial charge in [-0.1, -0.05) is 0 Å². The highest BCUT2D eigenvalue weighted by Crippen LogP contribution is 2.10. The number of rotatable bonds is 3. The first kappa shape index (κ1) is 12.9. The first-order valence-corrected chi connectivity index (χ1v) is 5.77. The molecular formula is C14H14N2O3. The largest absolute Gasteiger partial charge is 0.508 e. The number of phenols is 1. The van der Waals surface area contributed by atoms with Crippen LogP contribution >= 0.6 is 0 Å². The second kappa shape index (κ2) is 5.39.